The van der Waals surface area contributed by atoms with Crippen molar-refractivity contribution >= 4 is 37.8 Å². The second-order valence-corrected chi connectivity index (χ2v) is 5.88. The lowest BCUT2D eigenvalue weighted by Gasteiger charge is -2.25. The molecule has 0 spiro atoms. The fourth-order valence-corrected chi connectivity index (χ4v) is 2.57. The van der Waals surface area contributed by atoms with Gasteiger partial charge in [-0.1, -0.05) is 15.9 Å². The van der Waals surface area contributed by atoms with Crippen LogP contribution in [0.3, 0.4) is 0 Å². The zero-order chi connectivity index (χ0) is 12.2. The third-order valence-electron chi connectivity index (χ3n) is 2.14. The van der Waals surface area contributed by atoms with Crippen LogP contribution in [0.25, 0.3) is 0 Å². The van der Waals surface area contributed by atoms with Crippen LogP contribution in [0, 0.1) is 0 Å². The number of hydrogen-bond donors (Lipinski definition) is 1. The molecule has 0 saturated heterocycles. The van der Waals surface area contributed by atoms with E-state index in [1.165, 1.54) is 0 Å². The van der Waals surface area contributed by atoms with Crippen LogP contribution in [-0.4, -0.2) is 21.8 Å². The van der Waals surface area contributed by atoms with E-state index in [2.05, 4.69) is 42.2 Å². The Morgan fingerprint density at radius 3 is 2.75 bits per heavy atom. The molecule has 88 valence electrons. The van der Waals surface area contributed by atoms with E-state index in [1.807, 2.05) is 13.8 Å². The third-order valence-corrected chi connectivity index (χ3v) is 2.97. The molecule has 0 aliphatic rings. The number of nitrogens with zero attached hydrogens (tertiary/aromatic N) is 1. The van der Waals surface area contributed by atoms with E-state index in [9.17, 15) is 4.79 Å². The van der Waals surface area contributed by atoms with E-state index in [-0.39, 0.29) is 11.4 Å². The van der Waals surface area contributed by atoms with Gasteiger partial charge in [-0.2, -0.15) is 0 Å². The number of halogens is 2. The molecule has 1 aromatic rings. The lowest BCUT2D eigenvalue weighted by molar-refractivity contribution is 0.0911. The van der Waals surface area contributed by atoms with E-state index in [1.54, 1.807) is 18.5 Å². The van der Waals surface area contributed by atoms with Crippen molar-refractivity contribution in [1.29, 1.82) is 0 Å². The fourth-order valence-electron chi connectivity index (χ4n) is 1.21. The molecule has 0 atom stereocenters. The smallest absolute Gasteiger partial charge is 0.253 e. The van der Waals surface area contributed by atoms with Gasteiger partial charge in [0.2, 0.25) is 0 Å². The van der Waals surface area contributed by atoms with E-state index in [0.717, 1.165) is 16.2 Å². The second kappa shape index (κ2) is 5.77. The van der Waals surface area contributed by atoms with Gasteiger partial charge in [0.1, 0.15) is 0 Å². The van der Waals surface area contributed by atoms with E-state index in [0.29, 0.717) is 5.56 Å². The molecule has 1 N–H and O–H groups in total. The van der Waals surface area contributed by atoms with Crippen molar-refractivity contribution in [2.75, 3.05) is 5.33 Å². The number of carbonyl (C=O) groups excluding carboxylic acids is 1. The minimum absolute atomic E-state index is 0.0975. The molecule has 0 aliphatic carbocycles. The Morgan fingerprint density at radius 1 is 1.50 bits per heavy atom. The zero-order valence-corrected chi connectivity index (χ0v) is 12.4. The van der Waals surface area contributed by atoms with Crippen LogP contribution in [0.5, 0.6) is 0 Å². The SMILES string of the molecule is CC(C)(CCBr)NC(=O)c1cncc(Br)c1. The lowest BCUT2D eigenvalue weighted by atomic mass is 10.0. The van der Waals surface area contributed by atoms with Crippen LogP contribution in [-0.2, 0) is 0 Å². The maximum absolute atomic E-state index is 11.9. The summed E-state index contributed by atoms with van der Waals surface area (Å²) in [6.07, 6.45) is 4.09. The molecule has 1 amide bonds. The minimum Gasteiger partial charge on any atom is -0.347 e. The van der Waals surface area contributed by atoms with E-state index < -0.39 is 0 Å². The van der Waals surface area contributed by atoms with Gasteiger partial charge in [0.25, 0.3) is 5.91 Å². The van der Waals surface area contributed by atoms with Crippen molar-refractivity contribution in [3.8, 4) is 0 Å². The highest BCUT2D eigenvalue weighted by Crippen LogP contribution is 2.13. The van der Waals surface area contributed by atoms with Gasteiger partial charge < -0.3 is 5.32 Å². The predicted octanol–water partition coefficient (Wildman–Crippen LogP) is 3.14. The summed E-state index contributed by atoms with van der Waals surface area (Å²) >= 11 is 6.66. The average molecular weight is 350 g/mol. The molecule has 3 nitrogen and oxygen atoms in total. The number of aromatic nitrogens is 1. The number of nitrogens with one attached hydrogen (secondary N) is 1. The highest BCUT2D eigenvalue weighted by atomic mass is 79.9. The highest BCUT2D eigenvalue weighted by molar-refractivity contribution is 9.10. The summed E-state index contributed by atoms with van der Waals surface area (Å²) in [5.74, 6) is -0.0975. The monoisotopic (exact) mass is 348 g/mol. The quantitative estimate of drug-likeness (QED) is 0.848. The highest BCUT2D eigenvalue weighted by Gasteiger charge is 2.20. The molecule has 0 bridgehead atoms. The molecule has 5 heteroatoms. The van der Waals surface area contributed by atoms with Crippen LogP contribution in [0.1, 0.15) is 30.6 Å². The number of amides is 1. The molecule has 1 heterocycles. The van der Waals surface area contributed by atoms with Crippen molar-refractivity contribution in [3.05, 3.63) is 28.5 Å². The largest absolute Gasteiger partial charge is 0.347 e. The molecular weight excluding hydrogens is 336 g/mol. The van der Waals surface area contributed by atoms with Crippen LogP contribution >= 0.6 is 31.9 Å². The third kappa shape index (κ3) is 4.22. The first kappa shape index (κ1) is 13.6. The zero-order valence-electron chi connectivity index (χ0n) is 9.26. The van der Waals surface area contributed by atoms with Gasteiger partial charge in [-0.15, -0.1) is 0 Å². The first-order chi connectivity index (χ1) is 7.44. The minimum atomic E-state index is -0.219. The second-order valence-electron chi connectivity index (χ2n) is 4.17. The van der Waals surface area contributed by atoms with Crippen LogP contribution in [0.4, 0.5) is 0 Å². The number of pyridine rings is 1. The van der Waals surface area contributed by atoms with Gasteiger partial charge in [0.05, 0.1) is 5.56 Å². The summed E-state index contributed by atoms with van der Waals surface area (Å²) in [6, 6.07) is 1.76. The Kier molecular flexibility index (Phi) is 4.92. The van der Waals surface area contributed by atoms with Crippen LogP contribution in [0.2, 0.25) is 0 Å². The van der Waals surface area contributed by atoms with E-state index in [4.69, 9.17) is 0 Å². The Hall–Kier alpha value is -0.420. The van der Waals surface area contributed by atoms with Crippen molar-refractivity contribution in [1.82, 2.24) is 10.3 Å². The molecule has 0 saturated carbocycles. The van der Waals surface area contributed by atoms with Gasteiger partial charge >= 0.3 is 0 Å². The van der Waals surface area contributed by atoms with E-state index >= 15 is 0 Å². The number of alkyl halides is 1. The molecule has 0 aromatic carbocycles. The van der Waals surface area contributed by atoms with Crippen molar-refractivity contribution < 1.29 is 4.79 Å². The Labute approximate surface area is 112 Å². The summed E-state index contributed by atoms with van der Waals surface area (Å²) in [4.78, 5) is 15.9. The first-order valence-electron chi connectivity index (χ1n) is 4.94. The maximum Gasteiger partial charge on any atom is 0.253 e. The van der Waals surface area contributed by atoms with Gasteiger partial charge in [0, 0.05) is 27.7 Å². The molecule has 0 unspecified atom stereocenters. The number of carbonyl (C=O) groups is 1. The van der Waals surface area contributed by atoms with Crippen molar-refractivity contribution in [3.63, 3.8) is 0 Å². The standard InChI is InChI=1S/C11H14Br2N2O/c1-11(2,3-4-12)15-10(16)8-5-9(13)7-14-6-8/h5-7H,3-4H2,1-2H3,(H,15,16). The summed E-state index contributed by atoms with van der Waals surface area (Å²) in [5.41, 5.74) is 0.347. The van der Waals surface area contributed by atoms with Crippen LogP contribution in [0.15, 0.2) is 22.9 Å². The lowest BCUT2D eigenvalue weighted by Crippen LogP contribution is -2.43. The molecule has 16 heavy (non-hydrogen) atoms. The van der Waals surface area contributed by atoms with Gasteiger partial charge in [0.15, 0.2) is 0 Å². The first-order valence-corrected chi connectivity index (χ1v) is 6.85. The Balaban J connectivity index is 2.72. The molecule has 1 rings (SSSR count). The Bertz CT molecular complexity index is 380. The van der Waals surface area contributed by atoms with Crippen LogP contribution < -0.4 is 5.32 Å². The predicted molar refractivity (Wildman–Crippen MR) is 71.9 cm³/mol. The topological polar surface area (TPSA) is 42.0 Å². The summed E-state index contributed by atoms with van der Waals surface area (Å²) in [5, 5.41) is 3.83. The summed E-state index contributed by atoms with van der Waals surface area (Å²) < 4.78 is 0.804. The van der Waals surface area contributed by atoms with Crippen molar-refractivity contribution in [2.24, 2.45) is 0 Å². The summed E-state index contributed by atoms with van der Waals surface area (Å²) in [6.45, 7) is 4.00. The number of hydrogen-bond acceptors (Lipinski definition) is 2. The molecular formula is C11H14Br2N2O. The molecule has 0 radical (unpaired) electrons. The molecule has 0 fully saturated rings. The molecule has 0 aliphatic heterocycles. The maximum atomic E-state index is 11.9. The summed E-state index contributed by atoms with van der Waals surface area (Å²) in [7, 11) is 0. The van der Waals surface area contributed by atoms with Gasteiger partial charge in [-0.05, 0) is 42.3 Å². The normalized spacial score (nSPS) is 11.2. The van der Waals surface area contributed by atoms with Gasteiger partial charge in [-0.3, -0.25) is 9.78 Å². The Morgan fingerprint density at radius 2 is 2.19 bits per heavy atom. The number of rotatable bonds is 4. The molecule has 1 aromatic heterocycles. The van der Waals surface area contributed by atoms with Gasteiger partial charge in [-0.25, -0.2) is 0 Å². The average Bonchev–Trinajstić information content (AvgIpc) is 2.16. The fraction of sp³-hybridized carbons (Fsp3) is 0.455. The van der Waals surface area contributed by atoms with Crippen molar-refractivity contribution in [2.45, 2.75) is 25.8 Å².